The van der Waals surface area contributed by atoms with Gasteiger partial charge in [-0.1, -0.05) is 52.7 Å². The zero-order chi connectivity index (χ0) is 12.0. The van der Waals surface area contributed by atoms with Gasteiger partial charge < -0.3 is 4.74 Å². The maximum absolute atomic E-state index is 5.96. The number of ether oxygens (including phenoxy) is 1. The van der Waals surface area contributed by atoms with Gasteiger partial charge in [-0.05, 0) is 24.7 Å². The molecule has 0 aliphatic carbocycles. The van der Waals surface area contributed by atoms with E-state index < -0.39 is 0 Å². The summed E-state index contributed by atoms with van der Waals surface area (Å²) < 4.78 is 5.96. The van der Waals surface area contributed by atoms with Crippen LogP contribution >= 0.6 is 0 Å². The minimum atomic E-state index is 0.264. The van der Waals surface area contributed by atoms with E-state index in [1.807, 2.05) is 0 Å². The number of allylic oxidation sites excluding steroid dienone is 1. The molecule has 94 valence electrons. The average molecular weight is 224 g/mol. The predicted molar refractivity (Wildman–Crippen MR) is 70.6 cm³/mol. The Hall–Kier alpha value is -0.300. The van der Waals surface area contributed by atoms with Crippen molar-refractivity contribution >= 4 is 0 Å². The first-order chi connectivity index (χ1) is 7.55. The molecule has 0 bridgehead atoms. The maximum Gasteiger partial charge on any atom is 0.0685 e. The molecule has 1 heteroatoms. The molecular formula is C15H28O. The summed E-state index contributed by atoms with van der Waals surface area (Å²) in [6.45, 7) is 10.1. The molecule has 2 atom stereocenters. The summed E-state index contributed by atoms with van der Waals surface area (Å²) >= 11 is 0. The van der Waals surface area contributed by atoms with Gasteiger partial charge in [0, 0.05) is 12.5 Å². The highest BCUT2D eigenvalue weighted by atomic mass is 16.5. The zero-order valence-electron chi connectivity index (χ0n) is 11.5. The van der Waals surface area contributed by atoms with Crippen LogP contribution in [0.25, 0.3) is 0 Å². The molecule has 0 aromatic rings. The van der Waals surface area contributed by atoms with Crippen molar-refractivity contribution in [1.82, 2.24) is 0 Å². The zero-order valence-corrected chi connectivity index (χ0v) is 11.5. The first-order valence-electron chi connectivity index (χ1n) is 6.84. The molecule has 0 radical (unpaired) electrons. The summed E-state index contributed by atoms with van der Waals surface area (Å²) in [6.07, 6.45) is 11.5. The molecule has 1 heterocycles. The Morgan fingerprint density at radius 1 is 1.31 bits per heavy atom. The summed E-state index contributed by atoms with van der Waals surface area (Å²) in [5.41, 5.74) is 0.264. The normalized spacial score (nSPS) is 27.5. The fraction of sp³-hybridized carbons (Fsp3) is 0.867. The summed E-state index contributed by atoms with van der Waals surface area (Å²) in [5.74, 6) is 0.630. The number of rotatable bonds is 4. The van der Waals surface area contributed by atoms with Gasteiger partial charge in [-0.25, -0.2) is 0 Å². The van der Waals surface area contributed by atoms with Crippen molar-refractivity contribution in [2.75, 3.05) is 6.61 Å². The fourth-order valence-electron chi connectivity index (χ4n) is 2.49. The Kier molecular flexibility index (Phi) is 5.54. The lowest BCUT2D eigenvalue weighted by atomic mass is 9.78. The smallest absolute Gasteiger partial charge is 0.0685 e. The van der Waals surface area contributed by atoms with Crippen molar-refractivity contribution < 1.29 is 4.74 Å². The predicted octanol–water partition coefficient (Wildman–Crippen LogP) is 4.57. The van der Waals surface area contributed by atoms with Crippen LogP contribution in [0, 0.1) is 11.3 Å². The minimum Gasteiger partial charge on any atom is -0.377 e. The standard InChI is InChI=1S/C15H28O/c1-5-6-7-8-10-13-11-9-12-16-14(13)15(2,3)4/h8,10,13-14H,5-7,9,11-12H2,1-4H3/b10-8+/t13-,14-/m1/s1. The van der Waals surface area contributed by atoms with Gasteiger partial charge in [0.05, 0.1) is 6.10 Å². The third-order valence-corrected chi connectivity index (χ3v) is 3.33. The molecule has 1 saturated heterocycles. The molecule has 1 fully saturated rings. The van der Waals surface area contributed by atoms with Crippen molar-refractivity contribution in [1.29, 1.82) is 0 Å². The molecular weight excluding hydrogens is 196 g/mol. The molecule has 0 spiro atoms. The largest absolute Gasteiger partial charge is 0.377 e. The molecule has 1 aliphatic heterocycles. The van der Waals surface area contributed by atoms with Crippen LogP contribution in [-0.2, 0) is 4.74 Å². The van der Waals surface area contributed by atoms with Crippen molar-refractivity contribution in [2.24, 2.45) is 11.3 Å². The first-order valence-corrected chi connectivity index (χ1v) is 6.84. The van der Waals surface area contributed by atoms with Crippen molar-refractivity contribution in [2.45, 2.75) is 65.9 Å². The van der Waals surface area contributed by atoms with Crippen LogP contribution in [0.4, 0.5) is 0 Å². The Balaban J connectivity index is 2.50. The van der Waals surface area contributed by atoms with Crippen molar-refractivity contribution in [3.05, 3.63) is 12.2 Å². The van der Waals surface area contributed by atoms with Gasteiger partial charge in [0.25, 0.3) is 0 Å². The van der Waals surface area contributed by atoms with E-state index in [0.29, 0.717) is 12.0 Å². The van der Waals surface area contributed by atoms with E-state index >= 15 is 0 Å². The lowest BCUT2D eigenvalue weighted by molar-refractivity contribution is -0.0719. The van der Waals surface area contributed by atoms with Crippen molar-refractivity contribution in [3.8, 4) is 0 Å². The van der Waals surface area contributed by atoms with Crippen LogP contribution in [-0.4, -0.2) is 12.7 Å². The van der Waals surface area contributed by atoms with Crippen LogP contribution in [0.15, 0.2) is 12.2 Å². The van der Waals surface area contributed by atoms with Gasteiger partial charge in [-0.3, -0.25) is 0 Å². The third kappa shape index (κ3) is 4.29. The van der Waals surface area contributed by atoms with E-state index in [2.05, 4.69) is 39.8 Å². The second-order valence-electron chi connectivity index (χ2n) is 6.03. The number of unbranched alkanes of at least 4 members (excludes halogenated alkanes) is 2. The van der Waals surface area contributed by atoms with Crippen LogP contribution in [0.1, 0.15) is 59.8 Å². The average Bonchev–Trinajstić information content (AvgIpc) is 2.24. The molecule has 1 rings (SSSR count). The van der Waals surface area contributed by atoms with Gasteiger partial charge >= 0.3 is 0 Å². The Bertz CT molecular complexity index is 212. The lowest BCUT2D eigenvalue weighted by Crippen LogP contribution is -2.39. The van der Waals surface area contributed by atoms with Crippen LogP contribution in [0.3, 0.4) is 0 Å². The quantitative estimate of drug-likeness (QED) is 0.502. The second kappa shape index (κ2) is 6.44. The first kappa shape index (κ1) is 13.8. The van der Waals surface area contributed by atoms with Gasteiger partial charge in [-0.2, -0.15) is 0 Å². The van der Waals surface area contributed by atoms with Crippen LogP contribution in [0.2, 0.25) is 0 Å². The van der Waals surface area contributed by atoms with E-state index in [9.17, 15) is 0 Å². The van der Waals surface area contributed by atoms with E-state index in [0.717, 1.165) is 6.61 Å². The molecule has 0 unspecified atom stereocenters. The van der Waals surface area contributed by atoms with Crippen LogP contribution < -0.4 is 0 Å². The SMILES string of the molecule is CCCC/C=C/[C@@H]1CCCO[C@H]1C(C)(C)C. The monoisotopic (exact) mass is 224 g/mol. The van der Waals surface area contributed by atoms with Gasteiger partial charge in [0.2, 0.25) is 0 Å². The third-order valence-electron chi connectivity index (χ3n) is 3.33. The summed E-state index contributed by atoms with van der Waals surface area (Å²) in [4.78, 5) is 0. The van der Waals surface area contributed by atoms with E-state index in [1.54, 1.807) is 0 Å². The molecule has 16 heavy (non-hydrogen) atoms. The summed E-state index contributed by atoms with van der Waals surface area (Å²) in [7, 11) is 0. The van der Waals surface area contributed by atoms with Gasteiger partial charge in [0.15, 0.2) is 0 Å². The molecule has 1 aliphatic rings. The van der Waals surface area contributed by atoms with E-state index in [4.69, 9.17) is 4.74 Å². The van der Waals surface area contributed by atoms with Gasteiger partial charge in [0.1, 0.15) is 0 Å². The highest BCUT2D eigenvalue weighted by Crippen LogP contribution is 2.34. The molecule has 0 aromatic heterocycles. The van der Waals surface area contributed by atoms with E-state index in [-0.39, 0.29) is 5.41 Å². The fourth-order valence-corrected chi connectivity index (χ4v) is 2.49. The molecule has 1 nitrogen and oxygen atoms in total. The Labute approximate surface area is 101 Å². The van der Waals surface area contributed by atoms with Crippen molar-refractivity contribution in [3.63, 3.8) is 0 Å². The number of hydrogen-bond acceptors (Lipinski definition) is 1. The highest BCUT2D eigenvalue weighted by Gasteiger charge is 2.33. The Morgan fingerprint density at radius 3 is 2.69 bits per heavy atom. The topological polar surface area (TPSA) is 9.23 Å². The summed E-state index contributed by atoms with van der Waals surface area (Å²) in [6, 6.07) is 0. The molecule has 0 N–H and O–H groups in total. The Morgan fingerprint density at radius 2 is 2.06 bits per heavy atom. The molecule has 0 aromatic carbocycles. The maximum atomic E-state index is 5.96. The van der Waals surface area contributed by atoms with E-state index in [1.165, 1.54) is 32.1 Å². The number of hydrogen-bond donors (Lipinski definition) is 0. The minimum absolute atomic E-state index is 0.264. The highest BCUT2D eigenvalue weighted by molar-refractivity contribution is 4.97. The van der Waals surface area contributed by atoms with Crippen LogP contribution in [0.5, 0.6) is 0 Å². The second-order valence-corrected chi connectivity index (χ2v) is 6.03. The molecule has 0 amide bonds. The lowest BCUT2D eigenvalue weighted by Gasteiger charge is -2.39. The molecule has 0 saturated carbocycles. The van der Waals surface area contributed by atoms with Gasteiger partial charge in [-0.15, -0.1) is 0 Å². The summed E-state index contributed by atoms with van der Waals surface area (Å²) in [5, 5.41) is 0.